The van der Waals surface area contributed by atoms with Crippen molar-refractivity contribution in [3.05, 3.63) is 11.3 Å². The summed E-state index contributed by atoms with van der Waals surface area (Å²) >= 11 is 3.46. The molecule has 0 aromatic heterocycles. The average Bonchev–Trinajstić information content (AvgIpc) is 2.04. The van der Waals surface area contributed by atoms with Crippen LogP contribution in [-0.4, -0.2) is 30.3 Å². The molecular formula is C9H18BrN3. The maximum absolute atomic E-state index is 3.96. The molecule has 1 unspecified atom stereocenters. The highest BCUT2D eigenvalue weighted by atomic mass is 79.9. The van der Waals surface area contributed by atoms with Crippen LogP contribution in [0.4, 0.5) is 0 Å². The van der Waals surface area contributed by atoms with Gasteiger partial charge in [-0.25, -0.2) is 5.01 Å². The van der Waals surface area contributed by atoms with E-state index >= 15 is 0 Å². The number of nitrogens with zero attached hydrogens (tertiary/aromatic N) is 2. The van der Waals surface area contributed by atoms with Gasteiger partial charge in [0.25, 0.3) is 0 Å². The Morgan fingerprint density at radius 2 is 2.08 bits per heavy atom. The molecule has 13 heavy (non-hydrogen) atoms. The molecule has 0 fully saturated rings. The van der Waals surface area contributed by atoms with Crippen molar-refractivity contribution in [3.63, 3.8) is 0 Å². The summed E-state index contributed by atoms with van der Waals surface area (Å²) in [5.74, 6) is 0. The van der Waals surface area contributed by atoms with E-state index in [2.05, 4.69) is 33.3 Å². The van der Waals surface area contributed by atoms with E-state index in [-0.39, 0.29) is 0 Å². The molecule has 1 N–H and O–H groups in total. The zero-order valence-corrected chi connectivity index (χ0v) is 10.5. The lowest BCUT2D eigenvalue weighted by Gasteiger charge is -2.22. The van der Waals surface area contributed by atoms with E-state index in [1.807, 2.05) is 32.1 Å². The summed E-state index contributed by atoms with van der Waals surface area (Å²) in [4.78, 5) is 4.26. The van der Waals surface area contributed by atoms with Crippen LogP contribution in [0.1, 0.15) is 20.8 Å². The molecule has 0 aliphatic rings. The van der Waals surface area contributed by atoms with Gasteiger partial charge in [0.2, 0.25) is 0 Å². The molecule has 0 amide bonds. The number of hydrogen-bond donors (Lipinski definition) is 1. The van der Waals surface area contributed by atoms with Crippen LogP contribution in [0.2, 0.25) is 0 Å². The second-order valence-corrected chi connectivity index (χ2v) is 4.32. The standard InChI is InChI=1S/C9H18BrN3/c1-7(6-11-4)8(2)12-13(5)9(3)10/h6,9,12H,1-5H3. The summed E-state index contributed by atoms with van der Waals surface area (Å²) in [7, 11) is 3.76. The zero-order valence-electron chi connectivity index (χ0n) is 8.93. The molecule has 0 saturated carbocycles. The highest BCUT2D eigenvalue weighted by Gasteiger charge is 2.04. The maximum atomic E-state index is 3.96. The van der Waals surface area contributed by atoms with Crippen LogP contribution in [0, 0.1) is 0 Å². The lowest BCUT2D eigenvalue weighted by molar-refractivity contribution is 0.261. The summed E-state index contributed by atoms with van der Waals surface area (Å²) in [6.07, 6.45) is 1.84. The van der Waals surface area contributed by atoms with Crippen LogP contribution in [0.5, 0.6) is 0 Å². The summed E-state index contributed by atoms with van der Waals surface area (Å²) in [5.41, 5.74) is 5.49. The van der Waals surface area contributed by atoms with Crippen LogP contribution in [-0.2, 0) is 0 Å². The Morgan fingerprint density at radius 1 is 1.54 bits per heavy atom. The van der Waals surface area contributed by atoms with Crippen LogP contribution >= 0.6 is 15.9 Å². The van der Waals surface area contributed by atoms with Gasteiger partial charge in [0.15, 0.2) is 0 Å². The van der Waals surface area contributed by atoms with Crippen LogP contribution < -0.4 is 5.43 Å². The van der Waals surface area contributed by atoms with Crippen LogP contribution in [0.3, 0.4) is 0 Å². The first kappa shape index (κ1) is 12.7. The van der Waals surface area contributed by atoms with Gasteiger partial charge in [0.05, 0.1) is 4.95 Å². The molecule has 0 aliphatic heterocycles. The lowest BCUT2D eigenvalue weighted by Crippen LogP contribution is -2.37. The maximum Gasteiger partial charge on any atom is 0.0809 e. The summed E-state index contributed by atoms with van der Waals surface area (Å²) < 4.78 is 0. The minimum Gasteiger partial charge on any atom is -0.322 e. The number of aliphatic imine (C=N–C) groups is 1. The smallest absolute Gasteiger partial charge is 0.0809 e. The minimum absolute atomic E-state index is 0.300. The Hall–Kier alpha value is -0.350. The molecule has 3 nitrogen and oxygen atoms in total. The number of hydrogen-bond acceptors (Lipinski definition) is 3. The molecule has 4 heteroatoms. The molecule has 0 aromatic rings. The molecule has 0 bridgehead atoms. The van der Waals surface area contributed by atoms with Crippen molar-refractivity contribution in [2.75, 3.05) is 14.1 Å². The first-order valence-corrected chi connectivity index (χ1v) is 5.13. The van der Waals surface area contributed by atoms with Gasteiger partial charge in [-0.2, -0.15) is 0 Å². The fourth-order valence-corrected chi connectivity index (χ4v) is 0.835. The average molecular weight is 248 g/mol. The molecule has 1 atom stereocenters. The van der Waals surface area contributed by atoms with Crippen molar-refractivity contribution in [2.24, 2.45) is 4.99 Å². The molecule has 0 aliphatic carbocycles. The Balaban J connectivity index is 4.27. The van der Waals surface area contributed by atoms with Crippen LogP contribution in [0.15, 0.2) is 16.3 Å². The molecule has 0 heterocycles. The third kappa shape index (κ3) is 5.05. The predicted octanol–water partition coefficient (Wildman–Crippen LogP) is 2.16. The number of rotatable bonds is 4. The summed E-state index contributed by atoms with van der Waals surface area (Å²) in [6.45, 7) is 6.12. The number of nitrogens with one attached hydrogen (secondary N) is 1. The fourth-order valence-electron chi connectivity index (χ4n) is 0.732. The van der Waals surface area contributed by atoms with E-state index in [1.54, 1.807) is 7.05 Å². The summed E-state index contributed by atoms with van der Waals surface area (Å²) in [5, 5.41) is 1.99. The van der Waals surface area contributed by atoms with E-state index in [0.717, 1.165) is 11.3 Å². The van der Waals surface area contributed by atoms with E-state index in [9.17, 15) is 0 Å². The van der Waals surface area contributed by atoms with Gasteiger partial charge in [-0.1, -0.05) is 15.9 Å². The van der Waals surface area contributed by atoms with Gasteiger partial charge >= 0.3 is 0 Å². The highest BCUT2D eigenvalue weighted by molar-refractivity contribution is 9.09. The third-order valence-electron chi connectivity index (χ3n) is 1.79. The molecule has 0 aromatic carbocycles. The van der Waals surface area contributed by atoms with Crippen molar-refractivity contribution in [1.29, 1.82) is 0 Å². The van der Waals surface area contributed by atoms with Crippen molar-refractivity contribution in [3.8, 4) is 0 Å². The molecule has 0 radical (unpaired) electrons. The fraction of sp³-hybridized carbons (Fsp3) is 0.667. The van der Waals surface area contributed by atoms with Gasteiger partial charge in [-0.3, -0.25) is 4.99 Å². The van der Waals surface area contributed by atoms with Gasteiger partial charge in [-0.05, 0) is 26.3 Å². The number of alkyl halides is 1. The Bertz CT molecular complexity index is 209. The Kier molecular flexibility index (Phi) is 5.99. The van der Waals surface area contributed by atoms with Crippen molar-refractivity contribution < 1.29 is 0 Å². The van der Waals surface area contributed by atoms with Gasteiger partial charge < -0.3 is 5.43 Å². The van der Waals surface area contributed by atoms with Gasteiger partial charge in [0, 0.05) is 26.0 Å². The number of allylic oxidation sites excluding steroid dienone is 2. The summed E-state index contributed by atoms with van der Waals surface area (Å²) in [6, 6.07) is 0. The van der Waals surface area contributed by atoms with Crippen LogP contribution in [0.25, 0.3) is 0 Å². The Labute approximate surface area is 89.0 Å². The van der Waals surface area contributed by atoms with E-state index < -0.39 is 0 Å². The van der Waals surface area contributed by atoms with Gasteiger partial charge in [0.1, 0.15) is 0 Å². The predicted molar refractivity (Wildman–Crippen MR) is 62.1 cm³/mol. The number of hydrazine groups is 1. The molecule has 0 spiro atoms. The molecule has 0 rings (SSSR count). The second-order valence-electron chi connectivity index (χ2n) is 2.99. The topological polar surface area (TPSA) is 27.6 Å². The SMILES string of the molecule is CN=CC(C)=C(C)NN(C)C(C)Br. The van der Waals surface area contributed by atoms with Crippen molar-refractivity contribution in [1.82, 2.24) is 10.4 Å². The highest BCUT2D eigenvalue weighted by Crippen LogP contribution is 2.03. The van der Waals surface area contributed by atoms with Crippen molar-refractivity contribution in [2.45, 2.75) is 25.7 Å². The lowest BCUT2D eigenvalue weighted by atomic mass is 10.3. The molecule has 76 valence electrons. The minimum atomic E-state index is 0.300. The first-order valence-electron chi connectivity index (χ1n) is 4.22. The monoisotopic (exact) mass is 247 g/mol. The number of halogens is 1. The quantitative estimate of drug-likeness (QED) is 0.357. The molecule has 0 saturated heterocycles. The molecular weight excluding hydrogens is 230 g/mol. The van der Waals surface area contributed by atoms with Crippen molar-refractivity contribution >= 4 is 22.1 Å². The second kappa shape index (κ2) is 6.16. The van der Waals surface area contributed by atoms with E-state index in [1.165, 1.54) is 0 Å². The Morgan fingerprint density at radius 3 is 2.46 bits per heavy atom. The third-order valence-corrected chi connectivity index (χ3v) is 2.41. The van der Waals surface area contributed by atoms with E-state index in [4.69, 9.17) is 0 Å². The zero-order chi connectivity index (χ0) is 10.4. The largest absolute Gasteiger partial charge is 0.322 e. The first-order chi connectivity index (χ1) is 5.99. The normalized spacial score (nSPS) is 16.2. The van der Waals surface area contributed by atoms with E-state index in [0.29, 0.717) is 4.95 Å². The van der Waals surface area contributed by atoms with Gasteiger partial charge in [-0.15, -0.1) is 0 Å².